The average molecular weight is 326 g/mol. The highest BCUT2D eigenvalue weighted by Crippen LogP contribution is 2.24. The van der Waals surface area contributed by atoms with Crippen LogP contribution in [0.3, 0.4) is 0 Å². The number of pyridine rings is 1. The van der Waals surface area contributed by atoms with Crippen molar-refractivity contribution >= 4 is 21.7 Å². The molecule has 1 aromatic heterocycles. The first kappa shape index (κ1) is 14.8. The quantitative estimate of drug-likeness (QED) is 0.919. The molecule has 2 heterocycles. The number of piperidine rings is 1. The zero-order chi connectivity index (χ0) is 13.8. The molecule has 4 heteroatoms. The molecule has 1 aliphatic rings. The number of halogens is 1. The summed E-state index contributed by atoms with van der Waals surface area (Å²) in [5.74, 6) is 1.89. The van der Waals surface area contributed by atoms with Gasteiger partial charge in [-0.25, -0.2) is 4.98 Å². The number of rotatable bonds is 4. The minimum absolute atomic E-state index is 0.489. The molecular formula is C15H24BrN3. The van der Waals surface area contributed by atoms with Crippen LogP contribution in [0.2, 0.25) is 0 Å². The Balaban J connectivity index is 2.12. The summed E-state index contributed by atoms with van der Waals surface area (Å²) in [6, 6.07) is 2.67. The third-order valence-corrected chi connectivity index (χ3v) is 4.69. The second-order valence-electron chi connectivity index (χ2n) is 5.73. The summed E-state index contributed by atoms with van der Waals surface area (Å²) in [6.07, 6.45) is 4.47. The highest BCUT2D eigenvalue weighted by molar-refractivity contribution is 9.10. The monoisotopic (exact) mass is 325 g/mol. The van der Waals surface area contributed by atoms with E-state index in [0.717, 1.165) is 35.8 Å². The third-order valence-electron chi connectivity index (χ3n) is 3.86. The van der Waals surface area contributed by atoms with Crippen LogP contribution in [-0.4, -0.2) is 30.7 Å². The largest absolute Gasteiger partial charge is 0.354 e. The Hall–Kier alpha value is -0.610. The van der Waals surface area contributed by atoms with Gasteiger partial charge in [0, 0.05) is 23.3 Å². The van der Waals surface area contributed by atoms with Gasteiger partial charge < -0.3 is 10.2 Å². The molecule has 1 N–H and O–H groups in total. The predicted molar refractivity (Wildman–Crippen MR) is 84.7 cm³/mol. The maximum absolute atomic E-state index is 4.59. The van der Waals surface area contributed by atoms with Crippen LogP contribution in [-0.2, 0) is 0 Å². The second kappa shape index (κ2) is 6.71. The van der Waals surface area contributed by atoms with E-state index in [-0.39, 0.29) is 0 Å². The number of aryl methyl sites for hydroxylation is 1. The smallest absolute Gasteiger partial charge is 0.129 e. The topological polar surface area (TPSA) is 28.2 Å². The number of anilines is 1. The second-order valence-corrected chi connectivity index (χ2v) is 6.59. The van der Waals surface area contributed by atoms with E-state index in [4.69, 9.17) is 0 Å². The van der Waals surface area contributed by atoms with Gasteiger partial charge in [0.05, 0.1) is 0 Å². The fourth-order valence-electron chi connectivity index (χ4n) is 2.59. The minimum atomic E-state index is 0.489. The summed E-state index contributed by atoms with van der Waals surface area (Å²) in [6.45, 7) is 10.1. The normalized spacial score (nSPS) is 16.9. The molecule has 0 spiro atoms. The highest BCUT2D eigenvalue weighted by atomic mass is 79.9. The predicted octanol–water partition coefficient (Wildman–Crippen LogP) is 3.37. The van der Waals surface area contributed by atoms with Gasteiger partial charge in [-0.15, -0.1) is 0 Å². The summed E-state index contributed by atoms with van der Waals surface area (Å²) in [5.41, 5.74) is 1.25. The molecule has 106 valence electrons. The lowest BCUT2D eigenvalue weighted by Crippen LogP contribution is -2.40. The fraction of sp³-hybridized carbons (Fsp3) is 0.667. The molecule has 0 bridgehead atoms. The van der Waals surface area contributed by atoms with Crippen molar-refractivity contribution in [2.24, 2.45) is 5.92 Å². The van der Waals surface area contributed by atoms with Crippen molar-refractivity contribution in [2.45, 2.75) is 39.7 Å². The molecule has 1 aromatic rings. The number of nitrogens with zero attached hydrogens (tertiary/aromatic N) is 2. The van der Waals surface area contributed by atoms with E-state index in [2.05, 4.69) is 58.0 Å². The maximum Gasteiger partial charge on any atom is 0.129 e. The van der Waals surface area contributed by atoms with E-state index >= 15 is 0 Å². The maximum atomic E-state index is 4.59. The van der Waals surface area contributed by atoms with Crippen LogP contribution in [0, 0.1) is 12.8 Å². The van der Waals surface area contributed by atoms with Crippen LogP contribution in [0.4, 0.5) is 5.82 Å². The Labute approximate surface area is 124 Å². The Kier molecular flexibility index (Phi) is 5.22. The number of nitrogens with one attached hydrogen (secondary N) is 1. The van der Waals surface area contributed by atoms with Crippen molar-refractivity contribution in [2.75, 3.05) is 24.5 Å². The van der Waals surface area contributed by atoms with Gasteiger partial charge in [0.1, 0.15) is 5.82 Å². The van der Waals surface area contributed by atoms with E-state index in [0.29, 0.717) is 6.04 Å². The lowest BCUT2D eigenvalue weighted by Gasteiger charge is -2.34. The lowest BCUT2D eigenvalue weighted by atomic mass is 9.97. The first-order valence-corrected chi connectivity index (χ1v) is 7.96. The van der Waals surface area contributed by atoms with Gasteiger partial charge in [0.2, 0.25) is 0 Å². The molecule has 19 heavy (non-hydrogen) atoms. The lowest BCUT2D eigenvalue weighted by molar-refractivity contribution is 0.367. The minimum Gasteiger partial charge on any atom is -0.354 e. The van der Waals surface area contributed by atoms with E-state index in [9.17, 15) is 0 Å². The Morgan fingerprint density at radius 2 is 2.11 bits per heavy atom. The SMILES string of the molecule is Cc1cc(N(CC2CCNCC2)C(C)C)ncc1Br. The molecule has 2 rings (SSSR count). The van der Waals surface area contributed by atoms with Crippen LogP contribution in [0.25, 0.3) is 0 Å². The summed E-state index contributed by atoms with van der Waals surface area (Å²) in [7, 11) is 0. The van der Waals surface area contributed by atoms with Crippen molar-refractivity contribution in [1.29, 1.82) is 0 Å². The first-order chi connectivity index (χ1) is 9.08. The van der Waals surface area contributed by atoms with Crippen molar-refractivity contribution in [3.05, 3.63) is 22.3 Å². The van der Waals surface area contributed by atoms with E-state index in [1.165, 1.54) is 18.4 Å². The van der Waals surface area contributed by atoms with Gasteiger partial charge in [-0.05, 0) is 80.2 Å². The molecule has 1 saturated heterocycles. The molecular weight excluding hydrogens is 302 g/mol. The van der Waals surface area contributed by atoms with Gasteiger partial charge in [0.15, 0.2) is 0 Å². The van der Waals surface area contributed by atoms with Crippen molar-refractivity contribution in [3.63, 3.8) is 0 Å². The zero-order valence-electron chi connectivity index (χ0n) is 12.1. The van der Waals surface area contributed by atoms with Crippen LogP contribution in [0.15, 0.2) is 16.7 Å². The van der Waals surface area contributed by atoms with E-state index in [1.807, 2.05) is 6.20 Å². The molecule has 0 radical (unpaired) electrons. The van der Waals surface area contributed by atoms with Crippen LogP contribution in [0.1, 0.15) is 32.3 Å². The summed E-state index contributed by atoms with van der Waals surface area (Å²) < 4.78 is 1.09. The fourth-order valence-corrected chi connectivity index (χ4v) is 2.81. The van der Waals surface area contributed by atoms with E-state index in [1.54, 1.807) is 0 Å². The Bertz CT molecular complexity index is 414. The van der Waals surface area contributed by atoms with Gasteiger partial charge in [-0.2, -0.15) is 0 Å². The third kappa shape index (κ3) is 3.93. The first-order valence-electron chi connectivity index (χ1n) is 7.17. The number of hydrogen-bond acceptors (Lipinski definition) is 3. The average Bonchev–Trinajstić information content (AvgIpc) is 2.40. The zero-order valence-corrected chi connectivity index (χ0v) is 13.7. The molecule has 0 atom stereocenters. The molecule has 1 fully saturated rings. The Morgan fingerprint density at radius 3 is 2.68 bits per heavy atom. The summed E-state index contributed by atoms with van der Waals surface area (Å²) in [5, 5.41) is 3.43. The standard InChI is InChI=1S/C15H24BrN3/c1-11(2)19(10-13-4-6-17-7-5-13)15-8-12(3)14(16)9-18-15/h8-9,11,13,17H,4-7,10H2,1-3H3. The van der Waals surface area contributed by atoms with Gasteiger partial charge >= 0.3 is 0 Å². The molecule has 1 aliphatic heterocycles. The van der Waals surface area contributed by atoms with Crippen LogP contribution >= 0.6 is 15.9 Å². The molecule has 0 amide bonds. The van der Waals surface area contributed by atoms with Crippen molar-refractivity contribution < 1.29 is 0 Å². The molecule has 0 unspecified atom stereocenters. The van der Waals surface area contributed by atoms with Crippen LogP contribution in [0.5, 0.6) is 0 Å². The summed E-state index contributed by atoms with van der Waals surface area (Å²) >= 11 is 3.52. The number of hydrogen-bond donors (Lipinski definition) is 1. The van der Waals surface area contributed by atoms with Gasteiger partial charge in [-0.1, -0.05) is 0 Å². The molecule has 0 saturated carbocycles. The van der Waals surface area contributed by atoms with Crippen LogP contribution < -0.4 is 10.2 Å². The van der Waals surface area contributed by atoms with Crippen molar-refractivity contribution in [1.82, 2.24) is 10.3 Å². The van der Waals surface area contributed by atoms with Crippen molar-refractivity contribution in [3.8, 4) is 0 Å². The number of aromatic nitrogens is 1. The van der Waals surface area contributed by atoms with Gasteiger partial charge in [0.25, 0.3) is 0 Å². The highest BCUT2D eigenvalue weighted by Gasteiger charge is 2.20. The molecule has 0 aliphatic carbocycles. The molecule has 0 aromatic carbocycles. The summed E-state index contributed by atoms with van der Waals surface area (Å²) in [4.78, 5) is 7.03. The van der Waals surface area contributed by atoms with E-state index < -0.39 is 0 Å². The molecule has 3 nitrogen and oxygen atoms in total. The Morgan fingerprint density at radius 1 is 1.42 bits per heavy atom. The van der Waals surface area contributed by atoms with Gasteiger partial charge in [-0.3, -0.25) is 0 Å².